The van der Waals surface area contributed by atoms with Crippen LogP contribution in [0.3, 0.4) is 0 Å². The number of fused-ring (bicyclic) bond motifs is 1. The third-order valence-corrected chi connectivity index (χ3v) is 5.66. The molecule has 1 saturated carbocycles. The van der Waals surface area contributed by atoms with E-state index in [2.05, 4.69) is 35.6 Å². The Balaban J connectivity index is 1.29. The van der Waals surface area contributed by atoms with Gasteiger partial charge in [-0.05, 0) is 37.0 Å². The highest BCUT2D eigenvalue weighted by Crippen LogP contribution is 2.26. The standard InChI is InChI=1S/C23H23N7O3/c31-20(15-10-16(12-24-11-15)33-13-14-4-1-2-5-14)29-23-27-18-7-3-6-17(19(18)28-23)21(32)30-22-25-8-9-26-22/h3,6-12,14H,1-2,4-5,13H2,(H2,25,26,30,32)(H2,27,28,29,31). The number of aromatic amines is 2. The Hall–Kier alpha value is -4.21. The summed E-state index contributed by atoms with van der Waals surface area (Å²) in [5.74, 6) is 0.952. The predicted octanol–water partition coefficient (Wildman–Crippen LogP) is 3.75. The van der Waals surface area contributed by atoms with Crippen molar-refractivity contribution in [1.29, 1.82) is 0 Å². The van der Waals surface area contributed by atoms with E-state index in [4.69, 9.17) is 4.74 Å². The van der Waals surface area contributed by atoms with E-state index in [1.807, 2.05) is 0 Å². The first-order valence-corrected chi connectivity index (χ1v) is 10.8. The molecule has 33 heavy (non-hydrogen) atoms. The molecule has 0 unspecified atom stereocenters. The maximum absolute atomic E-state index is 12.8. The molecule has 168 valence electrons. The number of rotatable bonds is 7. The van der Waals surface area contributed by atoms with Crippen molar-refractivity contribution in [3.05, 3.63) is 60.2 Å². The number of hydrogen-bond acceptors (Lipinski definition) is 6. The van der Waals surface area contributed by atoms with Gasteiger partial charge in [-0.2, -0.15) is 0 Å². The second kappa shape index (κ2) is 9.11. The number of hydrogen-bond donors (Lipinski definition) is 4. The van der Waals surface area contributed by atoms with Gasteiger partial charge in [-0.3, -0.25) is 25.2 Å². The van der Waals surface area contributed by atoms with Crippen molar-refractivity contribution in [2.45, 2.75) is 25.7 Å². The van der Waals surface area contributed by atoms with E-state index in [1.165, 1.54) is 31.9 Å². The van der Waals surface area contributed by atoms with E-state index in [9.17, 15) is 9.59 Å². The summed E-state index contributed by atoms with van der Waals surface area (Å²) in [5.41, 5.74) is 1.76. The minimum absolute atomic E-state index is 0.227. The Morgan fingerprint density at radius 3 is 2.76 bits per heavy atom. The zero-order valence-corrected chi connectivity index (χ0v) is 17.8. The molecule has 10 heteroatoms. The van der Waals surface area contributed by atoms with E-state index in [1.54, 1.807) is 42.9 Å². The van der Waals surface area contributed by atoms with Gasteiger partial charge in [-0.1, -0.05) is 18.9 Å². The Kier molecular flexibility index (Phi) is 5.71. The fourth-order valence-electron chi connectivity index (χ4n) is 3.98. The number of pyridine rings is 1. The fourth-order valence-corrected chi connectivity index (χ4v) is 3.98. The molecule has 4 N–H and O–H groups in total. The van der Waals surface area contributed by atoms with Gasteiger partial charge in [0.2, 0.25) is 11.9 Å². The highest BCUT2D eigenvalue weighted by Gasteiger charge is 2.18. The van der Waals surface area contributed by atoms with E-state index in [-0.39, 0.29) is 17.8 Å². The molecule has 0 aliphatic heterocycles. The Morgan fingerprint density at radius 1 is 1.09 bits per heavy atom. The summed E-state index contributed by atoms with van der Waals surface area (Å²) in [6.07, 6.45) is 11.1. The first-order chi connectivity index (χ1) is 16.2. The van der Waals surface area contributed by atoms with Gasteiger partial charge in [-0.15, -0.1) is 0 Å². The van der Waals surface area contributed by atoms with Gasteiger partial charge in [0.25, 0.3) is 11.8 Å². The number of carbonyl (C=O) groups excluding carboxylic acids is 2. The average molecular weight is 445 g/mol. The summed E-state index contributed by atoms with van der Waals surface area (Å²) in [6, 6.07) is 6.84. The first kappa shape index (κ1) is 20.7. The monoisotopic (exact) mass is 445 g/mol. The van der Waals surface area contributed by atoms with Gasteiger partial charge in [0.15, 0.2) is 0 Å². The predicted molar refractivity (Wildman–Crippen MR) is 122 cm³/mol. The molecule has 3 aromatic heterocycles. The van der Waals surface area contributed by atoms with Crippen molar-refractivity contribution in [1.82, 2.24) is 24.9 Å². The lowest BCUT2D eigenvalue weighted by molar-refractivity contribution is 0.101. The largest absolute Gasteiger partial charge is 0.492 e. The molecule has 0 bridgehead atoms. The Morgan fingerprint density at radius 2 is 1.94 bits per heavy atom. The number of anilines is 2. The molecule has 2 amide bonds. The zero-order valence-electron chi connectivity index (χ0n) is 17.8. The zero-order chi connectivity index (χ0) is 22.6. The van der Waals surface area contributed by atoms with Crippen molar-refractivity contribution < 1.29 is 14.3 Å². The second-order valence-corrected chi connectivity index (χ2v) is 8.00. The molecular weight excluding hydrogens is 422 g/mol. The summed E-state index contributed by atoms with van der Waals surface area (Å²) in [6.45, 7) is 0.638. The molecule has 4 aromatic rings. The highest BCUT2D eigenvalue weighted by atomic mass is 16.5. The number of carbonyl (C=O) groups is 2. The molecule has 1 fully saturated rings. The number of amides is 2. The topological polar surface area (TPSA) is 138 Å². The quantitative estimate of drug-likeness (QED) is 0.342. The van der Waals surface area contributed by atoms with Crippen molar-refractivity contribution in [2.24, 2.45) is 5.92 Å². The second-order valence-electron chi connectivity index (χ2n) is 8.00. The van der Waals surface area contributed by atoms with Gasteiger partial charge < -0.3 is 14.7 Å². The van der Waals surface area contributed by atoms with E-state index in [0.717, 1.165) is 0 Å². The van der Waals surface area contributed by atoms with E-state index in [0.29, 0.717) is 46.4 Å². The summed E-state index contributed by atoms with van der Waals surface area (Å²) >= 11 is 0. The third kappa shape index (κ3) is 4.69. The molecular formula is C23H23N7O3. The van der Waals surface area contributed by atoms with E-state index >= 15 is 0 Å². The number of aromatic nitrogens is 5. The van der Waals surface area contributed by atoms with Crippen LogP contribution in [0, 0.1) is 5.92 Å². The molecule has 5 rings (SSSR count). The maximum atomic E-state index is 12.8. The van der Waals surface area contributed by atoms with Crippen LogP contribution in [0.2, 0.25) is 0 Å². The molecule has 1 aliphatic rings. The summed E-state index contributed by atoms with van der Waals surface area (Å²) < 4.78 is 5.85. The lowest BCUT2D eigenvalue weighted by Crippen LogP contribution is -2.14. The first-order valence-electron chi connectivity index (χ1n) is 10.8. The van der Waals surface area contributed by atoms with Crippen LogP contribution in [0.25, 0.3) is 11.0 Å². The highest BCUT2D eigenvalue weighted by molar-refractivity contribution is 6.11. The van der Waals surface area contributed by atoms with Crippen LogP contribution in [0.5, 0.6) is 5.75 Å². The van der Waals surface area contributed by atoms with Gasteiger partial charge in [0.1, 0.15) is 11.3 Å². The average Bonchev–Trinajstić information content (AvgIpc) is 3.59. The van der Waals surface area contributed by atoms with Crippen LogP contribution in [-0.4, -0.2) is 43.3 Å². The van der Waals surface area contributed by atoms with Crippen molar-refractivity contribution in [3.8, 4) is 5.75 Å². The van der Waals surface area contributed by atoms with Crippen LogP contribution < -0.4 is 15.4 Å². The third-order valence-electron chi connectivity index (χ3n) is 5.66. The van der Waals surface area contributed by atoms with Crippen LogP contribution in [0.15, 0.2) is 49.1 Å². The smallest absolute Gasteiger partial charge is 0.260 e. The summed E-state index contributed by atoms with van der Waals surface area (Å²) in [4.78, 5) is 43.8. The molecule has 1 aromatic carbocycles. The minimum Gasteiger partial charge on any atom is -0.492 e. The number of ether oxygens (including phenoxy) is 1. The van der Waals surface area contributed by atoms with Gasteiger partial charge in [0, 0.05) is 18.6 Å². The number of para-hydroxylation sites is 1. The lowest BCUT2D eigenvalue weighted by Gasteiger charge is -2.11. The Bertz CT molecular complexity index is 1280. The summed E-state index contributed by atoms with van der Waals surface area (Å²) in [7, 11) is 0. The van der Waals surface area contributed by atoms with Gasteiger partial charge >= 0.3 is 0 Å². The molecule has 0 radical (unpaired) electrons. The fraction of sp³-hybridized carbons (Fsp3) is 0.261. The van der Waals surface area contributed by atoms with E-state index < -0.39 is 0 Å². The number of benzene rings is 1. The van der Waals surface area contributed by atoms with Crippen molar-refractivity contribution >= 4 is 34.7 Å². The molecule has 0 atom stereocenters. The molecule has 10 nitrogen and oxygen atoms in total. The number of nitrogens with zero attached hydrogens (tertiary/aromatic N) is 3. The molecule has 3 heterocycles. The number of imidazole rings is 2. The normalized spacial score (nSPS) is 13.8. The number of H-pyrrole nitrogens is 2. The Labute approximate surface area is 189 Å². The van der Waals surface area contributed by atoms with Crippen LogP contribution in [0.4, 0.5) is 11.9 Å². The summed E-state index contributed by atoms with van der Waals surface area (Å²) in [5, 5.41) is 5.41. The SMILES string of the molecule is O=C(Nc1nc2c(C(=O)Nc3ncc[nH]3)cccc2[nH]1)c1cncc(OCC2CCCC2)c1. The van der Waals surface area contributed by atoms with Crippen LogP contribution in [0.1, 0.15) is 46.4 Å². The minimum atomic E-state index is -0.380. The van der Waals surface area contributed by atoms with Crippen molar-refractivity contribution in [2.75, 3.05) is 17.2 Å². The molecule has 0 saturated heterocycles. The van der Waals surface area contributed by atoms with Crippen LogP contribution >= 0.6 is 0 Å². The molecule has 0 spiro atoms. The maximum Gasteiger partial charge on any atom is 0.260 e. The van der Waals surface area contributed by atoms with Crippen LogP contribution in [-0.2, 0) is 0 Å². The molecule has 1 aliphatic carbocycles. The lowest BCUT2D eigenvalue weighted by atomic mass is 10.1. The number of nitrogens with one attached hydrogen (secondary N) is 4. The van der Waals surface area contributed by atoms with Gasteiger partial charge in [-0.25, -0.2) is 9.97 Å². The van der Waals surface area contributed by atoms with Gasteiger partial charge in [0.05, 0.1) is 29.4 Å². The van der Waals surface area contributed by atoms with Crippen molar-refractivity contribution in [3.63, 3.8) is 0 Å².